The van der Waals surface area contributed by atoms with Crippen molar-refractivity contribution in [3.63, 3.8) is 0 Å². The highest BCUT2D eigenvalue weighted by atomic mass is 19.1. The van der Waals surface area contributed by atoms with Crippen molar-refractivity contribution in [2.75, 3.05) is 13.7 Å². The lowest BCUT2D eigenvalue weighted by molar-refractivity contribution is 0.0601. The summed E-state index contributed by atoms with van der Waals surface area (Å²) in [6, 6.07) is 6.24. The zero-order valence-electron chi connectivity index (χ0n) is 14.2. The summed E-state index contributed by atoms with van der Waals surface area (Å²) in [4.78, 5) is 15.7. The first-order valence-electron chi connectivity index (χ1n) is 7.98. The number of benzene rings is 1. The Labute approximate surface area is 141 Å². The molecule has 2 aromatic rings. The van der Waals surface area contributed by atoms with Crippen molar-refractivity contribution in [3.05, 3.63) is 48.0 Å². The van der Waals surface area contributed by atoms with Crippen LogP contribution >= 0.6 is 0 Å². The van der Waals surface area contributed by atoms with Crippen molar-refractivity contribution in [3.8, 4) is 16.9 Å². The van der Waals surface area contributed by atoms with Crippen LogP contribution in [-0.2, 0) is 4.74 Å². The maximum Gasteiger partial charge on any atom is 0.340 e. The summed E-state index contributed by atoms with van der Waals surface area (Å²) in [5, 5.41) is 0. The summed E-state index contributed by atoms with van der Waals surface area (Å²) in [5.41, 5.74) is 0.984. The Morgan fingerprint density at radius 2 is 2.04 bits per heavy atom. The van der Waals surface area contributed by atoms with Gasteiger partial charge in [-0.25, -0.2) is 9.18 Å². The number of hydrogen-bond acceptors (Lipinski definition) is 4. The lowest BCUT2D eigenvalue weighted by Gasteiger charge is -2.11. The third kappa shape index (κ3) is 4.54. The number of methoxy groups -OCH3 is 1. The second-order valence-electron chi connectivity index (χ2n) is 5.94. The molecule has 0 radical (unpaired) electrons. The fourth-order valence-electron chi connectivity index (χ4n) is 2.39. The summed E-state index contributed by atoms with van der Waals surface area (Å²) in [7, 11) is 1.28. The first kappa shape index (κ1) is 17.9. The topological polar surface area (TPSA) is 48.4 Å². The Morgan fingerprint density at radius 3 is 2.71 bits per heavy atom. The molecule has 2 rings (SSSR count). The van der Waals surface area contributed by atoms with Crippen molar-refractivity contribution in [1.29, 1.82) is 0 Å². The molecule has 0 aliphatic rings. The molecule has 0 amide bonds. The maximum absolute atomic E-state index is 14.5. The Hall–Kier alpha value is -2.43. The minimum absolute atomic E-state index is 0.226. The first-order chi connectivity index (χ1) is 11.5. The van der Waals surface area contributed by atoms with Crippen molar-refractivity contribution in [2.45, 2.75) is 26.7 Å². The minimum atomic E-state index is -0.550. The van der Waals surface area contributed by atoms with E-state index in [4.69, 9.17) is 9.47 Å². The predicted octanol–water partition coefficient (Wildman–Crippen LogP) is 4.49. The molecule has 0 saturated heterocycles. The van der Waals surface area contributed by atoms with E-state index in [1.54, 1.807) is 18.2 Å². The minimum Gasteiger partial charge on any atom is -0.493 e. The molecule has 1 heterocycles. The van der Waals surface area contributed by atoms with E-state index in [0.717, 1.165) is 12.8 Å². The van der Waals surface area contributed by atoms with Gasteiger partial charge in [0.05, 0.1) is 19.3 Å². The first-order valence-corrected chi connectivity index (χ1v) is 7.98. The van der Waals surface area contributed by atoms with Crippen molar-refractivity contribution in [2.24, 2.45) is 5.92 Å². The largest absolute Gasteiger partial charge is 0.493 e. The average Bonchev–Trinajstić information content (AvgIpc) is 2.58. The zero-order valence-corrected chi connectivity index (χ0v) is 14.2. The highest BCUT2D eigenvalue weighted by Crippen LogP contribution is 2.29. The van der Waals surface area contributed by atoms with Gasteiger partial charge in [0, 0.05) is 29.6 Å². The Bertz CT molecular complexity index is 701. The second-order valence-corrected chi connectivity index (χ2v) is 5.94. The smallest absolute Gasteiger partial charge is 0.340 e. The van der Waals surface area contributed by atoms with E-state index >= 15 is 0 Å². The Kier molecular flexibility index (Phi) is 6.29. The molecule has 0 bridgehead atoms. The molecule has 0 N–H and O–H groups in total. The summed E-state index contributed by atoms with van der Waals surface area (Å²) in [6.07, 6.45) is 4.88. The van der Waals surface area contributed by atoms with Gasteiger partial charge in [-0.15, -0.1) is 0 Å². The number of esters is 1. The summed E-state index contributed by atoms with van der Waals surface area (Å²) >= 11 is 0. The number of aromatic nitrogens is 1. The van der Waals surface area contributed by atoms with Crippen molar-refractivity contribution in [1.82, 2.24) is 4.98 Å². The molecule has 5 heteroatoms. The molecule has 0 unspecified atom stereocenters. The van der Waals surface area contributed by atoms with Gasteiger partial charge in [-0.1, -0.05) is 13.8 Å². The number of hydrogen-bond donors (Lipinski definition) is 0. The molecule has 24 heavy (non-hydrogen) atoms. The summed E-state index contributed by atoms with van der Waals surface area (Å²) < 4.78 is 24.8. The van der Waals surface area contributed by atoms with E-state index < -0.39 is 11.8 Å². The highest BCUT2D eigenvalue weighted by Gasteiger charge is 2.16. The molecular formula is C19H22FNO3. The standard InChI is InChI=1S/C19H22FNO3/c1-13(2)5-4-10-24-14-6-7-16(18(20)11-14)15-8-9-21-12-17(15)19(22)23-3/h6-9,11-13H,4-5,10H2,1-3H3. The lowest BCUT2D eigenvalue weighted by atomic mass is 10.0. The molecule has 1 aromatic heterocycles. The van der Waals surface area contributed by atoms with Crippen LogP contribution in [0.1, 0.15) is 37.0 Å². The lowest BCUT2D eigenvalue weighted by Crippen LogP contribution is -2.05. The molecule has 0 spiro atoms. The zero-order chi connectivity index (χ0) is 17.5. The third-order valence-corrected chi connectivity index (χ3v) is 3.65. The molecule has 0 saturated carbocycles. The van der Waals surface area contributed by atoms with Gasteiger partial charge in [0.1, 0.15) is 11.6 Å². The number of nitrogens with zero attached hydrogens (tertiary/aromatic N) is 1. The summed E-state index contributed by atoms with van der Waals surface area (Å²) in [5.74, 6) is 0.101. The van der Waals surface area contributed by atoms with E-state index in [1.807, 2.05) is 0 Å². The molecule has 0 aliphatic heterocycles. The molecule has 0 atom stereocenters. The quantitative estimate of drug-likeness (QED) is 0.554. The fraction of sp³-hybridized carbons (Fsp3) is 0.368. The number of carbonyl (C=O) groups excluding carboxylic acids is 1. The van der Waals surface area contributed by atoms with Gasteiger partial charge in [0.25, 0.3) is 0 Å². The van der Waals surface area contributed by atoms with Gasteiger partial charge < -0.3 is 9.47 Å². The average molecular weight is 331 g/mol. The van der Waals surface area contributed by atoms with Crippen LogP contribution in [0.4, 0.5) is 4.39 Å². The maximum atomic E-state index is 14.5. The summed E-state index contributed by atoms with van der Waals surface area (Å²) in [6.45, 7) is 4.86. The van der Waals surface area contributed by atoms with Crippen LogP contribution in [0.2, 0.25) is 0 Å². The van der Waals surface area contributed by atoms with Crippen LogP contribution in [0.25, 0.3) is 11.1 Å². The Morgan fingerprint density at radius 1 is 1.25 bits per heavy atom. The number of halogens is 1. The normalized spacial score (nSPS) is 10.7. The van der Waals surface area contributed by atoms with Crippen LogP contribution in [-0.4, -0.2) is 24.7 Å². The number of ether oxygens (including phenoxy) is 2. The SMILES string of the molecule is COC(=O)c1cnccc1-c1ccc(OCCCC(C)C)cc1F. The molecule has 4 nitrogen and oxygen atoms in total. The number of rotatable bonds is 7. The van der Waals surface area contributed by atoms with Crippen LogP contribution in [0, 0.1) is 11.7 Å². The van der Waals surface area contributed by atoms with E-state index in [-0.39, 0.29) is 5.56 Å². The van der Waals surface area contributed by atoms with Crippen LogP contribution in [0.5, 0.6) is 5.75 Å². The van der Waals surface area contributed by atoms with Gasteiger partial charge in [-0.2, -0.15) is 0 Å². The van der Waals surface area contributed by atoms with E-state index in [2.05, 4.69) is 18.8 Å². The molecule has 1 aromatic carbocycles. The number of carbonyl (C=O) groups is 1. The van der Waals surface area contributed by atoms with Crippen LogP contribution in [0.3, 0.4) is 0 Å². The fourth-order valence-corrected chi connectivity index (χ4v) is 2.39. The predicted molar refractivity (Wildman–Crippen MR) is 90.5 cm³/mol. The molecule has 128 valence electrons. The molecule has 0 aliphatic carbocycles. The number of pyridine rings is 1. The van der Waals surface area contributed by atoms with Gasteiger partial charge in [0.15, 0.2) is 0 Å². The third-order valence-electron chi connectivity index (χ3n) is 3.65. The van der Waals surface area contributed by atoms with Gasteiger partial charge in [0.2, 0.25) is 0 Å². The second kappa shape index (κ2) is 8.43. The van der Waals surface area contributed by atoms with E-state index in [9.17, 15) is 9.18 Å². The highest BCUT2D eigenvalue weighted by molar-refractivity contribution is 5.96. The van der Waals surface area contributed by atoms with Crippen molar-refractivity contribution >= 4 is 5.97 Å². The molecule has 0 fully saturated rings. The van der Waals surface area contributed by atoms with E-state index in [1.165, 1.54) is 25.6 Å². The van der Waals surface area contributed by atoms with Crippen LogP contribution < -0.4 is 4.74 Å². The van der Waals surface area contributed by atoms with E-state index in [0.29, 0.717) is 29.4 Å². The van der Waals surface area contributed by atoms with Gasteiger partial charge >= 0.3 is 5.97 Å². The van der Waals surface area contributed by atoms with Gasteiger partial charge in [-0.3, -0.25) is 4.98 Å². The van der Waals surface area contributed by atoms with Crippen molar-refractivity contribution < 1.29 is 18.7 Å². The molecular weight excluding hydrogens is 309 g/mol. The monoisotopic (exact) mass is 331 g/mol. The Balaban J connectivity index is 2.17. The van der Waals surface area contributed by atoms with Gasteiger partial charge in [-0.05, 0) is 37.0 Å². The van der Waals surface area contributed by atoms with Crippen LogP contribution in [0.15, 0.2) is 36.7 Å².